The number of hydrogen-bond acceptors (Lipinski definition) is 6. The number of fused-ring (bicyclic) bond motifs is 6. The van der Waals surface area contributed by atoms with E-state index < -0.39 is 14.3 Å². The Morgan fingerprint density at radius 2 is 0.630 bits per heavy atom. The molecule has 9 aromatic carbocycles. The van der Waals surface area contributed by atoms with E-state index in [1.165, 1.54) is 0 Å². The molecule has 0 saturated carbocycles. The molecule has 0 radical (unpaired) electrons. The Hall–Kier alpha value is -6.68. The molecule has 0 unspecified atom stereocenters. The highest BCUT2D eigenvalue weighted by atomic mass is 31.2. The van der Waals surface area contributed by atoms with Gasteiger partial charge in [-0.2, -0.15) is 20.5 Å². The Kier molecular flexibility index (Phi) is 8.03. The average molecular weight is 731 g/mol. The number of hydrogen-bond donors (Lipinski definition) is 0. The first-order valence-corrected chi connectivity index (χ1v) is 20.7. The zero-order valence-electron chi connectivity index (χ0n) is 28.7. The highest BCUT2D eigenvalue weighted by Crippen LogP contribution is 2.45. The zero-order chi connectivity index (χ0) is 36.9. The maximum atomic E-state index is 15.3. The third-order valence-corrected chi connectivity index (χ3v) is 16.4. The fourth-order valence-corrected chi connectivity index (χ4v) is 13.2. The summed E-state index contributed by atoms with van der Waals surface area (Å²) in [6.07, 6.45) is 3.99. The van der Waals surface area contributed by atoms with Crippen molar-refractivity contribution in [2.24, 2.45) is 9.98 Å². The van der Waals surface area contributed by atoms with E-state index in [2.05, 4.69) is 16.1 Å². The summed E-state index contributed by atoms with van der Waals surface area (Å²) in [6, 6.07) is 53.5. The first kappa shape index (κ1) is 33.2. The van der Waals surface area contributed by atoms with Crippen LogP contribution in [0.4, 0.5) is 0 Å². The minimum absolute atomic E-state index is 0.463. The van der Waals surface area contributed by atoms with Gasteiger partial charge in [-0.25, -0.2) is 0 Å². The van der Waals surface area contributed by atoms with Crippen LogP contribution in [-0.2, 0) is 9.13 Å². The Balaban J connectivity index is 1.32. The van der Waals surface area contributed by atoms with Gasteiger partial charge in [0.2, 0.25) is 12.4 Å². The Morgan fingerprint density at radius 1 is 0.333 bits per heavy atom. The molecule has 0 N–H and O–H groups in total. The highest BCUT2D eigenvalue weighted by molar-refractivity contribution is 7.85. The monoisotopic (exact) mass is 730 g/mol. The maximum Gasteiger partial charge on any atom is 0.206 e. The summed E-state index contributed by atoms with van der Waals surface area (Å²) in [5.74, 6) is 0. The third-order valence-electron chi connectivity index (χ3n) is 10.3. The first-order chi connectivity index (χ1) is 26.5. The lowest BCUT2D eigenvalue weighted by molar-refractivity contribution is 0.591. The van der Waals surface area contributed by atoms with Crippen LogP contribution in [0, 0.1) is 22.9 Å². The summed E-state index contributed by atoms with van der Waals surface area (Å²) >= 11 is 0. The van der Waals surface area contributed by atoms with Gasteiger partial charge in [-0.15, -0.1) is 0 Å². The zero-order valence-corrected chi connectivity index (χ0v) is 30.5. The number of benzene rings is 7. The van der Waals surface area contributed by atoms with Crippen LogP contribution >= 0.6 is 14.3 Å². The molecule has 0 bridgehead atoms. The van der Waals surface area contributed by atoms with Crippen LogP contribution in [-0.4, -0.2) is 0 Å². The Morgan fingerprint density at radius 3 is 0.944 bits per heavy atom. The van der Waals surface area contributed by atoms with E-state index in [-0.39, 0.29) is 0 Å². The molecule has 9 rings (SSSR count). The van der Waals surface area contributed by atoms with E-state index in [9.17, 15) is 10.5 Å². The van der Waals surface area contributed by atoms with E-state index in [0.717, 1.165) is 32.3 Å². The molecule has 8 heteroatoms. The number of rotatable bonds is 6. The van der Waals surface area contributed by atoms with E-state index in [1.54, 1.807) is 0 Å². The second-order valence-corrected chi connectivity index (χ2v) is 18.6. The van der Waals surface area contributed by atoms with E-state index in [4.69, 9.17) is 0 Å². The molecule has 0 heterocycles. The Bertz CT molecular complexity index is 2930. The summed E-state index contributed by atoms with van der Waals surface area (Å²) in [4.78, 5) is 8.65. The lowest BCUT2D eigenvalue weighted by Crippen LogP contribution is -2.25. The molecule has 0 atom stereocenters. The fourth-order valence-electron chi connectivity index (χ4n) is 7.83. The SMILES string of the molecule is N#C/N=c1\c2cc(P(=O)(c3ccccc3)c3ccccc3)ccc2c2cc3c(cc12)/c(=N\C#N)c1cc(P(=O)(c2ccccc2)c2ccccc2)ccc13. The molecule has 0 saturated heterocycles. The van der Waals surface area contributed by atoms with Gasteiger partial charge >= 0.3 is 0 Å². The molecule has 0 aliphatic carbocycles. The van der Waals surface area contributed by atoms with Gasteiger partial charge in [0.05, 0.1) is 10.7 Å². The van der Waals surface area contributed by atoms with Gasteiger partial charge in [-0.05, 0) is 45.8 Å². The maximum absolute atomic E-state index is 15.3. The predicted molar refractivity (Wildman–Crippen MR) is 220 cm³/mol. The quantitative estimate of drug-likeness (QED) is 0.133. The molecular formula is C46H28N4O2P2. The molecule has 6 nitrogen and oxygen atoms in total. The van der Waals surface area contributed by atoms with Gasteiger partial charge in [0, 0.05) is 53.4 Å². The second-order valence-electron chi connectivity index (χ2n) is 13.1. The van der Waals surface area contributed by atoms with Gasteiger partial charge in [-0.1, -0.05) is 146 Å². The van der Waals surface area contributed by atoms with Crippen LogP contribution in [0.15, 0.2) is 180 Å². The van der Waals surface area contributed by atoms with Gasteiger partial charge in [-0.3, -0.25) is 0 Å². The predicted octanol–water partition coefficient (Wildman–Crippen LogP) is 7.22. The van der Waals surface area contributed by atoms with Crippen molar-refractivity contribution in [3.05, 3.63) is 181 Å². The number of nitrogens with zero attached hydrogens (tertiary/aromatic N) is 4. The first-order valence-electron chi connectivity index (χ1n) is 17.3. The molecule has 0 fully saturated rings. The van der Waals surface area contributed by atoms with Crippen molar-refractivity contribution in [2.75, 3.05) is 0 Å². The van der Waals surface area contributed by atoms with E-state index in [1.807, 2.05) is 176 Å². The van der Waals surface area contributed by atoms with Crippen molar-refractivity contribution < 1.29 is 9.13 Å². The average Bonchev–Trinajstić information content (AvgIpc) is 3.71. The second kappa shape index (κ2) is 13.1. The molecular weight excluding hydrogens is 702 g/mol. The van der Waals surface area contributed by atoms with E-state index in [0.29, 0.717) is 53.3 Å². The lowest BCUT2D eigenvalue weighted by atomic mass is 10.1. The standard InChI is InChI=1S/C46H28N4O2P2/c47-29-49-45-41-25-35(53(51,31-13-5-1-6-14-31)32-15-7-2-8-16-32)21-23-37(41)39-27-40-38-24-22-36(26-42(38)46(50-30-48)44(40)28-43(39)45)54(52,33-17-9-3-10-18-33)34-19-11-4-12-20-34/h1-28H/b49-45-,50-46+. The van der Waals surface area contributed by atoms with Crippen LogP contribution in [0.5, 0.6) is 0 Å². The van der Waals surface area contributed by atoms with E-state index >= 15 is 9.13 Å². The van der Waals surface area contributed by atoms with Crippen LogP contribution in [0.25, 0.3) is 43.1 Å². The van der Waals surface area contributed by atoms with Crippen molar-refractivity contribution in [2.45, 2.75) is 0 Å². The van der Waals surface area contributed by atoms with Crippen LogP contribution in [0.1, 0.15) is 0 Å². The van der Waals surface area contributed by atoms with Gasteiger partial charge in [0.1, 0.15) is 0 Å². The molecule has 54 heavy (non-hydrogen) atoms. The molecule has 254 valence electrons. The molecule has 0 aromatic heterocycles. The third kappa shape index (κ3) is 5.01. The minimum Gasteiger partial charge on any atom is -0.309 e. The summed E-state index contributed by atoms with van der Waals surface area (Å²) < 4.78 is 30.6. The van der Waals surface area contributed by atoms with Crippen LogP contribution in [0.3, 0.4) is 0 Å². The summed E-state index contributed by atoms with van der Waals surface area (Å²) in [6.45, 7) is 0. The van der Waals surface area contributed by atoms with Gasteiger partial charge in [0.25, 0.3) is 0 Å². The van der Waals surface area contributed by atoms with Crippen LogP contribution in [0.2, 0.25) is 0 Å². The van der Waals surface area contributed by atoms with Gasteiger partial charge < -0.3 is 9.13 Å². The van der Waals surface area contributed by atoms with Gasteiger partial charge in [0.15, 0.2) is 14.3 Å². The number of nitriles is 2. The van der Waals surface area contributed by atoms with Crippen molar-refractivity contribution >= 4 is 89.2 Å². The van der Waals surface area contributed by atoms with Crippen molar-refractivity contribution in [3.63, 3.8) is 0 Å². The Labute approximate surface area is 310 Å². The smallest absolute Gasteiger partial charge is 0.206 e. The highest BCUT2D eigenvalue weighted by Gasteiger charge is 2.32. The normalized spacial score (nSPS) is 12.8. The summed E-state index contributed by atoms with van der Waals surface area (Å²) in [5.41, 5.74) is 0. The fraction of sp³-hybridized carbons (Fsp3) is 0. The largest absolute Gasteiger partial charge is 0.309 e. The molecule has 0 spiro atoms. The lowest BCUT2D eigenvalue weighted by Gasteiger charge is -2.20. The van der Waals surface area contributed by atoms with Crippen molar-refractivity contribution in [1.82, 2.24) is 0 Å². The topological polar surface area (TPSA) is 106 Å². The van der Waals surface area contributed by atoms with Crippen molar-refractivity contribution in [1.29, 1.82) is 10.5 Å². The van der Waals surface area contributed by atoms with Crippen molar-refractivity contribution in [3.8, 4) is 12.4 Å². The molecule has 0 amide bonds. The molecule has 0 aliphatic rings. The van der Waals surface area contributed by atoms with Crippen LogP contribution < -0.4 is 42.5 Å². The minimum atomic E-state index is -3.31. The molecule has 9 aromatic rings. The molecule has 0 aliphatic heterocycles. The summed E-state index contributed by atoms with van der Waals surface area (Å²) in [7, 11) is -6.61. The summed E-state index contributed by atoms with van der Waals surface area (Å²) in [5, 5.41) is 31.2.